The highest BCUT2D eigenvalue weighted by molar-refractivity contribution is 7.80. The Hall–Kier alpha value is -2.40. The van der Waals surface area contributed by atoms with Crippen LogP contribution in [0, 0.1) is 29.1 Å². The third-order valence-electron chi connectivity index (χ3n) is 3.01. The standard InChI is InChI=1S/C13H8F5NO4S/c1-23-13-4(2-3-5(12(13)20)19-24(21)22)6-7(14)9(16)11(18)10(17)8(6)15/h2-3,19-20H,1H3,(H,21,22)/p-1. The molecule has 2 aromatic carbocycles. The average molecular weight is 368 g/mol. The van der Waals surface area contributed by atoms with E-state index < -0.39 is 68.7 Å². The molecule has 2 rings (SSSR count). The molecule has 0 aliphatic rings. The molecule has 11 heteroatoms. The van der Waals surface area contributed by atoms with Crippen LogP contribution in [0.25, 0.3) is 11.1 Å². The smallest absolute Gasteiger partial charge is 0.200 e. The van der Waals surface area contributed by atoms with Crippen molar-refractivity contribution in [3.8, 4) is 22.6 Å². The minimum atomic E-state index is -2.84. The number of nitrogens with one attached hydrogen (secondary N) is 1. The molecule has 0 aliphatic carbocycles. The Morgan fingerprint density at radius 3 is 2.00 bits per heavy atom. The van der Waals surface area contributed by atoms with Crippen LogP contribution in [-0.2, 0) is 11.3 Å². The van der Waals surface area contributed by atoms with E-state index in [1.54, 1.807) is 4.72 Å². The maximum Gasteiger partial charge on any atom is 0.200 e. The molecule has 0 radical (unpaired) electrons. The number of phenolic OH excluding ortho intramolecular Hbond substituents is 1. The van der Waals surface area contributed by atoms with Crippen LogP contribution in [0.2, 0.25) is 0 Å². The van der Waals surface area contributed by atoms with Crippen molar-refractivity contribution in [2.75, 3.05) is 11.8 Å². The highest BCUT2D eigenvalue weighted by atomic mass is 32.2. The van der Waals surface area contributed by atoms with E-state index in [2.05, 4.69) is 0 Å². The summed E-state index contributed by atoms with van der Waals surface area (Å²) in [5.41, 5.74) is -2.41. The molecule has 2 aromatic rings. The lowest BCUT2D eigenvalue weighted by Crippen LogP contribution is -2.06. The van der Waals surface area contributed by atoms with Gasteiger partial charge in [0.25, 0.3) is 0 Å². The van der Waals surface area contributed by atoms with E-state index in [-0.39, 0.29) is 0 Å². The Bertz CT molecular complexity index is 817. The molecule has 0 amide bonds. The lowest BCUT2D eigenvalue weighted by atomic mass is 10.0. The molecule has 5 nitrogen and oxygen atoms in total. The molecule has 0 saturated heterocycles. The molecule has 1 unspecified atom stereocenters. The molecule has 0 fully saturated rings. The molecular weight excluding hydrogens is 361 g/mol. The normalized spacial score (nSPS) is 12.1. The van der Waals surface area contributed by atoms with Gasteiger partial charge in [-0.3, -0.25) is 4.21 Å². The second kappa shape index (κ2) is 6.61. The van der Waals surface area contributed by atoms with Gasteiger partial charge < -0.3 is 19.1 Å². The molecule has 0 aliphatic heterocycles. The fourth-order valence-electron chi connectivity index (χ4n) is 1.99. The number of ether oxygens (including phenoxy) is 1. The predicted octanol–water partition coefficient (Wildman–Crippen LogP) is 2.97. The van der Waals surface area contributed by atoms with Crippen LogP contribution in [0.3, 0.4) is 0 Å². The number of aromatic hydroxyl groups is 1. The summed E-state index contributed by atoms with van der Waals surface area (Å²) in [5, 5.41) is 9.89. The van der Waals surface area contributed by atoms with Crippen molar-refractivity contribution in [1.29, 1.82) is 0 Å². The van der Waals surface area contributed by atoms with E-state index >= 15 is 0 Å². The number of rotatable bonds is 4. The Kier molecular flexibility index (Phi) is 4.94. The van der Waals surface area contributed by atoms with Crippen molar-refractivity contribution in [3.05, 3.63) is 41.2 Å². The van der Waals surface area contributed by atoms with Crippen molar-refractivity contribution >= 4 is 17.0 Å². The lowest BCUT2D eigenvalue weighted by molar-refractivity contribution is 0.371. The summed E-state index contributed by atoms with van der Waals surface area (Å²) in [6, 6.07) is 1.69. The Morgan fingerprint density at radius 1 is 1.04 bits per heavy atom. The first-order valence-corrected chi connectivity index (χ1v) is 7.05. The van der Waals surface area contributed by atoms with Crippen molar-refractivity contribution in [3.63, 3.8) is 0 Å². The fourth-order valence-corrected chi connectivity index (χ4v) is 2.33. The van der Waals surface area contributed by atoms with Gasteiger partial charge in [-0.15, -0.1) is 0 Å². The minimum Gasteiger partial charge on any atom is -0.755 e. The highest BCUT2D eigenvalue weighted by Crippen LogP contribution is 2.44. The van der Waals surface area contributed by atoms with Crippen LogP contribution in [0.15, 0.2) is 12.1 Å². The van der Waals surface area contributed by atoms with Gasteiger partial charge >= 0.3 is 0 Å². The summed E-state index contributed by atoms with van der Waals surface area (Å²) in [7, 11) is 0.947. The van der Waals surface area contributed by atoms with Gasteiger partial charge in [-0.25, -0.2) is 22.0 Å². The van der Waals surface area contributed by atoms with E-state index in [9.17, 15) is 35.8 Å². The Labute approximate surface area is 134 Å². The van der Waals surface area contributed by atoms with Crippen LogP contribution >= 0.6 is 0 Å². The summed E-state index contributed by atoms with van der Waals surface area (Å²) in [5.74, 6) is -12.5. The monoisotopic (exact) mass is 368 g/mol. The summed E-state index contributed by atoms with van der Waals surface area (Å²) in [6.45, 7) is 0. The second-order valence-corrected chi connectivity index (χ2v) is 5.00. The van der Waals surface area contributed by atoms with Crippen LogP contribution in [-0.4, -0.2) is 21.0 Å². The van der Waals surface area contributed by atoms with Gasteiger partial charge in [-0.05, 0) is 12.1 Å². The quantitative estimate of drug-likeness (QED) is 0.286. The van der Waals surface area contributed by atoms with Crippen molar-refractivity contribution in [2.45, 2.75) is 0 Å². The van der Waals surface area contributed by atoms with Gasteiger partial charge in [0.1, 0.15) is 0 Å². The third-order valence-corrected chi connectivity index (χ3v) is 3.39. The Balaban J connectivity index is 2.79. The van der Waals surface area contributed by atoms with Gasteiger partial charge in [-0.1, -0.05) is 0 Å². The van der Waals surface area contributed by atoms with Crippen LogP contribution in [0.4, 0.5) is 27.6 Å². The second-order valence-electron chi connectivity index (χ2n) is 4.32. The summed E-state index contributed by atoms with van der Waals surface area (Å²) in [6.07, 6.45) is 0. The van der Waals surface area contributed by atoms with Crippen molar-refractivity contribution in [2.24, 2.45) is 0 Å². The molecule has 2 N–H and O–H groups in total. The first-order valence-electron chi connectivity index (χ1n) is 5.98. The largest absolute Gasteiger partial charge is 0.755 e. The SMILES string of the molecule is COc1c(-c2c(F)c(F)c(F)c(F)c2F)ccc(NS(=O)[O-])c1O. The summed E-state index contributed by atoms with van der Waals surface area (Å²) in [4.78, 5) is 0. The maximum atomic E-state index is 13.9. The molecule has 0 aromatic heterocycles. The molecule has 0 spiro atoms. The number of benzene rings is 2. The maximum absolute atomic E-state index is 13.9. The fraction of sp³-hybridized carbons (Fsp3) is 0.0769. The molecule has 0 bridgehead atoms. The van der Waals surface area contributed by atoms with Crippen LogP contribution in [0.5, 0.6) is 11.5 Å². The molecule has 130 valence electrons. The first kappa shape index (κ1) is 17.9. The van der Waals surface area contributed by atoms with Gasteiger partial charge in [-0.2, -0.15) is 0 Å². The number of hydrogen-bond acceptors (Lipinski definition) is 4. The van der Waals surface area contributed by atoms with Crippen LogP contribution in [0.1, 0.15) is 0 Å². The molecule has 0 saturated carbocycles. The van der Waals surface area contributed by atoms with Gasteiger partial charge in [0, 0.05) is 16.8 Å². The van der Waals surface area contributed by atoms with E-state index in [0.29, 0.717) is 0 Å². The van der Waals surface area contributed by atoms with Crippen molar-refractivity contribution in [1.82, 2.24) is 0 Å². The van der Waals surface area contributed by atoms with E-state index in [0.717, 1.165) is 19.2 Å². The predicted molar refractivity (Wildman–Crippen MR) is 72.4 cm³/mol. The van der Waals surface area contributed by atoms with Crippen LogP contribution < -0.4 is 9.46 Å². The van der Waals surface area contributed by atoms with Crippen molar-refractivity contribution < 1.29 is 40.6 Å². The highest BCUT2D eigenvalue weighted by Gasteiger charge is 2.29. The minimum absolute atomic E-state index is 0.423. The van der Waals surface area contributed by atoms with Gasteiger partial charge in [0.15, 0.2) is 34.8 Å². The zero-order valence-electron chi connectivity index (χ0n) is 11.6. The van der Waals surface area contributed by atoms with E-state index in [1.807, 2.05) is 0 Å². The molecule has 1 atom stereocenters. The topological polar surface area (TPSA) is 81.6 Å². The summed E-state index contributed by atoms with van der Waals surface area (Å²) >= 11 is -2.84. The molecule has 0 heterocycles. The lowest BCUT2D eigenvalue weighted by Gasteiger charge is -2.17. The molecule has 24 heavy (non-hydrogen) atoms. The van der Waals surface area contributed by atoms with Gasteiger partial charge in [0.05, 0.1) is 18.4 Å². The average Bonchev–Trinajstić information content (AvgIpc) is 2.53. The Morgan fingerprint density at radius 2 is 1.54 bits per heavy atom. The first-order chi connectivity index (χ1) is 11.2. The number of methoxy groups -OCH3 is 1. The zero-order chi connectivity index (χ0) is 18.2. The third kappa shape index (κ3) is 2.87. The number of hydrogen-bond donors (Lipinski definition) is 2. The number of halogens is 5. The molecular formula is C13H7F5NO4S-. The van der Waals surface area contributed by atoms with Gasteiger partial charge in [0.2, 0.25) is 5.82 Å². The van der Waals surface area contributed by atoms with E-state index in [1.165, 1.54) is 0 Å². The van der Waals surface area contributed by atoms with E-state index in [4.69, 9.17) is 4.74 Å². The zero-order valence-corrected chi connectivity index (χ0v) is 12.4. The summed E-state index contributed by atoms with van der Waals surface area (Å²) < 4.78 is 95.1. The number of anilines is 1. The number of phenols is 1.